The van der Waals surface area contributed by atoms with Crippen molar-refractivity contribution in [3.8, 4) is 0 Å². The number of benzene rings is 2. The van der Waals surface area contributed by atoms with Crippen LogP contribution in [0.3, 0.4) is 0 Å². The number of halogens is 2. The second-order valence-electron chi connectivity index (χ2n) is 4.45. The minimum atomic E-state index is -3.69. The Balaban J connectivity index is 2.45. The zero-order chi connectivity index (χ0) is 15.6. The largest absolute Gasteiger partial charge is 0.399 e. The third-order valence-electron chi connectivity index (χ3n) is 2.94. The van der Waals surface area contributed by atoms with Crippen LogP contribution in [0.1, 0.15) is 12.5 Å². The van der Waals surface area contributed by atoms with E-state index in [1.165, 1.54) is 6.07 Å². The molecule has 112 valence electrons. The molecule has 0 amide bonds. The first-order valence-corrected chi connectivity index (χ1v) is 9.13. The molecule has 0 aliphatic heterocycles. The van der Waals surface area contributed by atoms with Gasteiger partial charge in [-0.1, -0.05) is 24.6 Å². The van der Waals surface area contributed by atoms with Gasteiger partial charge in [-0.05, 0) is 64.9 Å². The minimum Gasteiger partial charge on any atom is -0.399 e. The van der Waals surface area contributed by atoms with E-state index in [1.807, 2.05) is 29.5 Å². The molecule has 0 saturated heterocycles. The fraction of sp³-hybridized carbons (Fsp3) is 0.143. The first kappa shape index (κ1) is 16.4. The molecule has 0 aromatic heterocycles. The first-order chi connectivity index (χ1) is 9.83. The molecule has 2 rings (SSSR count). The Bertz CT molecular complexity index is 779. The zero-order valence-corrected chi connectivity index (χ0v) is 15.0. The maximum Gasteiger partial charge on any atom is 0.262 e. The summed E-state index contributed by atoms with van der Waals surface area (Å²) < 4.78 is 28.4. The molecule has 3 N–H and O–H groups in total. The van der Waals surface area contributed by atoms with Gasteiger partial charge in [0, 0.05) is 14.3 Å². The van der Waals surface area contributed by atoms with E-state index in [0.717, 1.165) is 9.13 Å². The van der Waals surface area contributed by atoms with Gasteiger partial charge in [0.15, 0.2) is 0 Å². The Labute approximate surface area is 142 Å². The molecular formula is C14H14ClIN2O2S. The fourth-order valence-electron chi connectivity index (χ4n) is 1.89. The molecule has 0 radical (unpaired) electrons. The predicted molar refractivity (Wildman–Crippen MR) is 95.2 cm³/mol. The quantitative estimate of drug-likeness (QED) is 0.564. The van der Waals surface area contributed by atoms with Crippen LogP contribution in [0.5, 0.6) is 0 Å². The number of nitrogens with two attached hydrogens (primary N) is 1. The van der Waals surface area contributed by atoms with Crippen LogP contribution in [0, 0.1) is 3.57 Å². The van der Waals surface area contributed by atoms with Crippen LogP contribution in [0.25, 0.3) is 0 Å². The van der Waals surface area contributed by atoms with E-state index < -0.39 is 10.0 Å². The van der Waals surface area contributed by atoms with Gasteiger partial charge in [0.25, 0.3) is 10.0 Å². The highest BCUT2D eigenvalue weighted by atomic mass is 127. The van der Waals surface area contributed by atoms with Crippen molar-refractivity contribution in [2.45, 2.75) is 18.2 Å². The lowest BCUT2D eigenvalue weighted by Crippen LogP contribution is -2.16. The molecule has 21 heavy (non-hydrogen) atoms. The van der Waals surface area contributed by atoms with Crippen molar-refractivity contribution in [3.63, 3.8) is 0 Å². The lowest BCUT2D eigenvalue weighted by atomic mass is 10.1. The maximum atomic E-state index is 12.6. The van der Waals surface area contributed by atoms with Gasteiger partial charge in [-0.25, -0.2) is 8.42 Å². The Morgan fingerprint density at radius 1 is 1.24 bits per heavy atom. The summed E-state index contributed by atoms with van der Waals surface area (Å²) in [6, 6.07) is 9.88. The lowest BCUT2D eigenvalue weighted by molar-refractivity contribution is 0.600. The summed E-state index contributed by atoms with van der Waals surface area (Å²) in [5, 5.41) is 0.556. The molecule has 0 fully saturated rings. The maximum absolute atomic E-state index is 12.6. The summed E-state index contributed by atoms with van der Waals surface area (Å²) in [5.74, 6) is 0. The van der Waals surface area contributed by atoms with Crippen LogP contribution in [0.4, 0.5) is 11.4 Å². The third kappa shape index (κ3) is 3.81. The smallest absolute Gasteiger partial charge is 0.262 e. The highest BCUT2D eigenvalue weighted by molar-refractivity contribution is 14.1. The van der Waals surface area contributed by atoms with E-state index in [1.54, 1.807) is 30.3 Å². The molecule has 0 bridgehead atoms. The average molecular weight is 437 g/mol. The zero-order valence-electron chi connectivity index (χ0n) is 11.2. The van der Waals surface area contributed by atoms with Crippen LogP contribution < -0.4 is 10.5 Å². The van der Waals surface area contributed by atoms with Gasteiger partial charge in [-0.15, -0.1) is 0 Å². The molecule has 0 heterocycles. The summed E-state index contributed by atoms with van der Waals surface area (Å²) in [6.07, 6.45) is 0.605. The molecular weight excluding hydrogens is 423 g/mol. The van der Waals surface area contributed by atoms with Crippen LogP contribution in [0.15, 0.2) is 41.3 Å². The van der Waals surface area contributed by atoms with Crippen LogP contribution in [-0.4, -0.2) is 8.42 Å². The van der Waals surface area contributed by atoms with Gasteiger partial charge in [-0.2, -0.15) is 0 Å². The summed E-state index contributed by atoms with van der Waals surface area (Å²) in [5.41, 5.74) is 7.34. The summed E-state index contributed by atoms with van der Waals surface area (Å²) in [4.78, 5) is 0.204. The molecule has 2 aromatic carbocycles. The van der Waals surface area contributed by atoms with E-state index in [9.17, 15) is 8.42 Å². The lowest BCUT2D eigenvalue weighted by Gasteiger charge is -2.13. The van der Waals surface area contributed by atoms with Crippen LogP contribution >= 0.6 is 34.2 Å². The van der Waals surface area contributed by atoms with Crippen molar-refractivity contribution in [1.82, 2.24) is 0 Å². The fourth-order valence-corrected chi connectivity index (χ4v) is 4.50. The van der Waals surface area contributed by atoms with Gasteiger partial charge in [0.05, 0.1) is 10.6 Å². The number of sulfonamides is 1. The SMILES string of the molecule is CCc1ccc(N)cc1S(=O)(=O)Nc1ccc(Cl)cc1I. The van der Waals surface area contributed by atoms with Crippen molar-refractivity contribution >= 4 is 55.6 Å². The van der Waals surface area contributed by atoms with Crippen molar-refractivity contribution in [3.05, 3.63) is 50.6 Å². The first-order valence-electron chi connectivity index (χ1n) is 6.19. The monoisotopic (exact) mass is 436 g/mol. The standard InChI is InChI=1S/C14H14ClIN2O2S/c1-2-9-3-5-11(17)8-14(9)21(19,20)18-13-6-4-10(15)7-12(13)16/h3-8,18H,2,17H2,1H3. The van der Waals surface area contributed by atoms with Gasteiger partial charge in [0.1, 0.15) is 0 Å². The minimum absolute atomic E-state index is 0.204. The van der Waals surface area contributed by atoms with Crippen molar-refractivity contribution < 1.29 is 8.42 Å². The number of nitrogen functional groups attached to an aromatic ring is 1. The van der Waals surface area contributed by atoms with Gasteiger partial charge >= 0.3 is 0 Å². The topological polar surface area (TPSA) is 72.2 Å². The molecule has 0 unspecified atom stereocenters. The van der Waals surface area contributed by atoms with Crippen molar-refractivity contribution in [2.24, 2.45) is 0 Å². The molecule has 0 aliphatic rings. The second-order valence-corrected chi connectivity index (χ2v) is 7.70. The Kier molecular flexibility index (Phi) is 5.00. The molecule has 0 atom stereocenters. The van der Waals surface area contributed by atoms with E-state index in [4.69, 9.17) is 17.3 Å². The van der Waals surface area contributed by atoms with Crippen molar-refractivity contribution in [1.29, 1.82) is 0 Å². The van der Waals surface area contributed by atoms with Gasteiger partial charge in [-0.3, -0.25) is 4.72 Å². The molecule has 0 spiro atoms. The Morgan fingerprint density at radius 2 is 1.95 bits per heavy atom. The van der Waals surface area contributed by atoms with Crippen LogP contribution in [-0.2, 0) is 16.4 Å². The number of hydrogen-bond acceptors (Lipinski definition) is 3. The second kappa shape index (κ2) is 6.41. The normalized spacial score (nSPS) is 11.4. The van der Waals surface area contributed by atoms with Gasteiger partial charge in [0.2, 0.25) is 0 Å². The van der Waals surface area contributed by atoms with Gasteiger partial charge < -0.3 is 5.73 Å². The van der Waals surface area contributed by atoms with E-state index in [-0.39, 0.29) is 4.90 Å². The summed E-state index contributed by atoms with van der Waals surface area (Å²) >= 11 is 7.91. The third-order valence-corrected chi connectivity index (χ3v) is 5.51. The molecule has 7 heteroatoms. The summed E-state index contributed by atoms with van der Waals surface area (Å²) in [6.45, 7) is 1.90. The number of anilines is 2. The molecule has 4 nitrogen and oxygen atoms in total. The molecule has 2 aromatic rings. The van der Waals surface area contributed by atoms with Crippen LogP contribution in [0.2, 0.25) is 5.02 Å². The van der Waals surface area contributed by atoms with E-state index in [2.05, 4.69) is 4.72 Å². The summed E-state index contributed by atoms with van der Waals surface area (Å²) in [7, 11) is -3.69. The number of aryl methyl sites for hydroxylation is 1. The highest BCUT2D eigenvalue weighted by Gasteiger charge is 2.19. The number of nitrogens with one attached hydrogen (secondary N) is 1. The molecule has 0 saturated carbocycles. The predicted octanol–water partition coefficient (Wildman–Crippen LogP) is 3.89. The molecule has 0 aliphatic carbocycles. The Hall–Kier alpha value is -0.990. The number of rotatable bonds is 4. The van der Waals surface area contributed by atoms with E-state index >= 15 is 0 Å². The Morgan fingerprint density at radius 3 is 2.57 bits per heavy atom. The average Bonchev–Trinajstić information content (AvgIpc) is 2.42. The van der Waals surface area contributed by atoms with Crippen molar-refractivity contribution in [2.75, 3.05) is 10.5 Å². The number of hydrogen-bond donors (Lipinski definition) is 2. The van der Waals surface area contributed by atoms with E-state index in [0.29, 0.717) is 22.8 Å². The highest BCUT2D eigenvalue weighted by Crippen LogP contribution is 2.27.